The Balaban J connectivity index is 1.69. The van der Waals surface area contributed by atoms with Crippen LogP contribution in [0.2, 0.25) is 0 Å². The monoisotopic (exact) mass is 473 g/mol. The summed E-state index contributed by atoms with van der Waals surface area (Å²) in [5.74, 6) is -0.0476. The number of aliphatic imine (C=N–C) groups is 1. The van der Waals surface area contributed by atoms with Gasteiger partial charge in [-0.3, -0.25) is 9.79 Å². The van der Waals surface area contributed by atoms with E-state index in [0.29, 0.717) is 36.8 Å². The first kappa shape index (κ1) is 24.6. The van der Waals surface area contributed by atoms with Crippen molar-refractivity contribution in [1.29, 1.82) is 0 Å². The van der Waals surface area contributed by atoms with Gasteiger partial charge in [-0.1, -0.05) is 25.4 Å². The van der Waals surface area contributed by atoms with Gasteiger partial charge in [0.1, 0.15) is 5.82 Å². The van der Waals surface area contributed by atoms with Crippen molar-refractivity contribution in [3.05, 3.63) is 53.0 Å². The van der Waals surface area contributed by atoms with Gasteiger partial charge in [0.2, 0.25) is 5.91 Å². The first-order valence-corrected chi connectivity index (χ1v) is 11.4. The minimum absolute atomic E-state index is 0.0265. The number of hydrogen-bond donors (Lipinski definition) is 1. The summed E-state index contributed by atoms with van der Waals surface area (Å²) in [7, 11) is 0. The summed E-state index contributed by atoms with van der Waals surface area (Å²) in [6.45, 7) is 5.54. The maximum Gasteiger partial charge on any atom is 0.342 e. The van der Waals surface area contributed by atoms with Crippen LogP contribution in [-0.4, -0.2) is 53.9 Å². The van der Waals surface area contributed by atoms with Gasteiger partial charge in [-0.25, -0.2) is 14.2 Å². The third-order valence-electron chi connectivity index (χ3n) is 5.51. The van der Waals surface area contributed by atoms with Crippen LogP contribution in [-0.2, 0) is 4.79 Å². The fraction of sp³-hybridized carbons (Fsp3) is 0.417. The molecule has 1 aromatic carbocycles. The number of nitrogens with one attached hydrogen (secondary N) is 1. The van der Waals surface area contributed by atoms with Crippen LogP contribution in [0.5, 0.6) is 0 Å². The molecule has 0 unspecified atom stereocenters. The van der Waals surface area contributed by atoms with Crippen molar-refractivity contribution in [1.82, 2.24) is 9.91 Å². The number of likely N-dealkylation sites (tertiary alicyclic amines) is 1. The molecular weight excluding hydrogens is 445 g/mol. The highest BCUT2D eigenvalue weighted by Gasteiger charge is 2.27. The van der Waals surface area contributed by atoms with Gasteiger partial charge in [0.15, 0.2) is 0 Å². The summed E-state index contributed by atoms with van der Waals surface area (Å²) in [4.78, 5) is 31.2. The van der Waals surface area contributed by atoms with Gasteiger partial charge in [0.05, 0.1) is 6.21 Å². The second-order valence-electron chi connectivity index (χ2n) is 8.48. The van der Waals surface area contributed by atoms with E-state index in [2.05, 4.69) is 15.4 Å². The molecule has 0 radical (unpaired) electrons. The van der Waals surface area contributed by atoms with Crippen molar-refractivity contribution in [2.24, 2.45) is 21.9 Å². The number of hydrazone groups is 1. The van der Waals surface area contributed by atoms with Crippen LogP contribution in [0, 0.1) is 17.7 Å². The smallest absolute Gasteiger partial charge is 0.342 e. The van der Waals surface area contributed by atoms with Gasteiger partial charge in [0, 0.05) is 55.1 Å². The lowest BCUT2D eigenvalue weighted by Crippen LogP contribution is -2.43. The average molecular weight is 474 g/mol. The van der Waals surface area contributed by atoms with Crippen LogP contribution < -0.4 is 5.32 Å². The second kappa shape index (κ2) is 11.7. The molecule has 0 aromatic heterocycles. The summed E-state index contributed by atoms with van der Waals surface area (Å²) in [5.41, 5.74) is 1.29. The average Bonchev–Trinajstić information content (AvgIpc) is 3.01. The van der Waals surface area contributed by atoms with E-state index in [9.17, 15) is 14.0 Å². The van der Waals surface area contributed by atoms with Gasteiger partial charge < -0.3 is 10.2 Å². The van der Waals surface area contributed by atoms with Crippen LogP contribution in [0.15, 0.2) is 57.2 Å². The van der Waals surface area contributed by atoms with E-state index in [1.165, 1.54) is 29.3 Å². The Hall–Kier alpha value is -3.00. The molecule has 1 aromatic rings. The maximum absolute atomic E-state index is 13.2. The van der Waals surface area contributed by atoms with E-state index in [0.717, 1.165) is 18.4 Å². The Labute approximate surface area is 198 Å². The van der Waals surface area contributed by atoms with E-state index in [1.807, 2.05) is 18.7 Å². The Morgan fingerprint density at radius 2 is 2.00 bits per heavy atom. The zero-order valence-electron chi connectivity index (χ0n) is 18.9. The molecule has 176 valence electrons. The number of rotatable bonds is 6. The van der Waals surface area contributed by atoms with Gasteiger partial charge in [-0.05, 0) is 54.7 Å². The molecule has 2 aliphatic heterocycles. The number of hydrogen-bond acceptors (Lipinski definition) is 4. The lowest BCUT2D eigenvalue weighted by atomic mass is 9.96. The molecule has 3 amide bonds. The SMILES string of the molecule is CC(C)C(=O)N1CCC(CN(/N=C/C2=CC=NC=C(Cl)C2)C(=O)Nc2ccc(F)cc2)CC1. The molecule has 0 spiro atoms. The summed E-state index contributed by atoms with van der Waals surface area (Å²) in [6, 6.07) is 5.16. The minimum atomic E-state index is -0.414. The molecule has 9 heteroatoms. The Kier molecular flexibility index (Phi) is 8.77. The Morgan fingerprint density at radius 1 is 1.30 bits per heavy atom. The second-order valence-corrected chi connectivity index (χ2v) is 8.97. The lowest BCUT2D eigenvalue weighted by molar-refractivity contribution is -0.135. The number of anilines is 1. The standard InChI is InChI=1S/C24H29ClFN5O2/c1-17(2)23(32)30-11-8-18(9-12-30)16-31(24(33)29-22-5-3-21(26)4-6-22)28-14-19-7-10-27-15-20(25)13-19/h3-7,10,14-15,17-18H,8-9,11-13,16H2,1-2H3,(H,29,33)/b28-14+. The molecule has 33 heavy (non-hydrogen) atoms. The zero-order chi connectivity index (χ0) is 23.8. The van der Waals surface area contributed by atoms with Crippen molar-refractivity contribution in [3.63, 3.8) is 0 Å². The normalized spacial score (nSPS) is 17.1. The van der Waals surface area contributed by atoms with Crippen molar-refractivity contribution < 1.29 is 14.0 Å². The van der Waals surface area contributed by atoms with E-state index in [4.69, 9.17) is 11.6 Å². The van der Waals surface area contributed by atoms with Crippen LogP contribution in [0.25, 0.3) is 0 Å². The summed E-state index contributed by atoms with van der Waals surface area (Å²) in [5, 5.41) is 9.17. The van der Waals surface area contributed by atoms with Crippen LogP contribution in [0.3, 0.4) is 0 Å². The van der Waals surface area contributed by atoms with Gasteiger partial charge >= 0.3 is 6.03 Å². The number of allylic oxidation sites excluding steroid dienone is 3. The summed E-state index contributed by atoms with van der Waals surface area (Å²) in [6.07, 6.45) is 8.65. The molecule has 0 saturated carbocycles. The van der Waals surface area contributed by atoms with Gasteiger partial charge in [0.25, 0.3) is 0 Å². The first-order valence-electron chi connectivity index (χ1n) is 11.1. The van der Waals surface area contributed by atoms with E-state index in [1.54, 1.807) is 24.7 Å². The molecule has 1 saturated heterocycles. The molecule has 0 bridgehead atoms. The quantitative estimate of drug-likeness (QED) is 0.465. The van der Waals surface area contributed by atoms with Crippen molar-refractivity contribution in [2.45, 2.75) is 33.1 Å². The molecule has 3 rings (SSSR count). The van der Waals surface area contributed by atoms with E-state index >= 15 is 0 Å². The van der Waals surface area contributed by atoms with Gasteiger partial charge in [-0.15, -0.1) is 0 Å². The molecule has 1 N–H and O–H groups in total. The molecule has 1 fully saturated rings. The lowest BCUT2D eigenvalue weighted by Gasteiger charge is -2.34. The largest absolute Gasteiger partial charge is 0.342 e. The molecule has 0 atom stereocenters. The molecule has 7 nitrogen and oxygen atoms in total. The fourth-order valence-corrected chi connectivity index (χ4v) is 3.85. The zero-order valence-corrected chi connectivity index (χ0v) is 19.6. The molecular formula is C24H29ClFN5O2. The summed E-state index contributed by atoms with van der Waals surface area (Å²) >= 11 is 6.12. The number of benzene rings is 1. The predicted molar refractivity (Wildman–Crippen MR) is 130 cm³/mol. The number of amides is 3. The number of nitrogens with zero attached hydrogens (tertiary/aromatic N) is 4. The van der Waals surface area contributed by atoms with Crippen molar-refractivity contribution >= 4 is 41.7 Å². The topological polar surface area (TPSA) is 77.4 Å². The Morgan fingerprint density at radius 3 is 2.67 bits per heavy atom. The molecule has 2 heterocycles. The first-order chi connectivity index (χ1) is 15.8. The minimum Gasteiger partial charge on any atom is -0.342 e. The van der Waals surface area contributed by atoms with E-state index in [-0.39, 0.29) is 23.6 Å². The highest BCUT2D eigenvalue weighted by Crippen LogP contribution is 2.21. The van der Waals surface area contributed by atoms with Crippen molar-refractivity contribution in [3.8, 4) is 0 Å². The van der Waals surface area contributed by atoms with E-state index < -0.39 is 6.03 Å². The number of halogens is 2. The van der Waals surface area contributed by atoms with Crippen LogP contribution in [0.4, 0.5) is 14.9 Å². The third-order valence-corrected chi connectivity index (χ3v) is 5.74. The number of carbonyl (C=O) groups excluding carboxylic acids is 2. The molecule has 0 aliphatic carbocycles. The van der Waals surface area contributed by atoms with Crippen LogP contribution >= 0.6 is 11.6 Å². The fourth-order valence-electron chi connectivity index (χ4n) is 3.64. The highest BCUT2D eigenvalue weighted by atomic mass is 35.5. The number of carbonyl (C=O) groups is 2. The number of piperidine rings is 1. The maximum atomic E-state index is 13.2. The predicted octanol–water partition coefficient (Wildman–Crippen LogP) is 5.02. The van der Waals surface area contributed by atoms with Gasteiger partial charge in [-0.2, -0.15) is 5.10 Å². The highest BCUT2D eigenvalue weighted by molar-refractivity contribution is 6.30. The summed E-state index contributed by atoms with van der Waals surface area (Å²) < 4.78 is 13.2. The molecule has 2 aliphatic rings. The third kappa shape index (κ3) is 7.53. The van der Waals surface area contributed by atoms with Crippen LogP contribution in [0.1, 0.15) is 33.1 Å². The Bertz CT molecular complexity index is 964. The van der Waals surface area contributed by atoms with Crippen molar-refractivity contribution in [2.75, 3.05) is 25.0 Å². The number of urea groups is 1.